The van der Waals surface area contributed by atoms with Gasteiger partial charge in [0.2, 0.25) is 5.91 Å². The molecule has 2 amide bonds. The number of methoxy groups -OCH3 is 1. The summed E-state index contributed by atoms with van der Waals surface area (Å²) in [6.07, 6.45) is 3.90. The number of carbonyl (C=O) groups excluding carboxylic acids is 2. The molecule has 33 heavy (non-hydrogen) atoms. The monoisotopic (exact) mass is 445 g/mol. The van der Waals surface area contributed by atoms with Gasteiger partial charge in [-0.25, -0.2) is 4.79 Å². The minimum Gasteiger partial charge on any atom is -0.453 e. The average Bonchev–Trinajstić information content (AvgIpc) is 3.52. The summed E-state index contributed by atoms with van der Waals surface area (Å²) in [5.41, 5.74) is 5.71. The van der Waals surface area contributed by atoms with Gasteiger partial charge in [-0.15, -0.1) is 0 Å². The standard InChI is InChI=1S/C27H31N3O3/c1-18(2)25(29-27(32)33-3)26(31)30-15-7-10-24(30)23-16-22(17-28-23)21-13-11-20(12-14-21)19-8-5-4-6-9-19/h4-6,8-9,11-14,17-18,24-25H,7,10,15-16H2,1-3H3,(H,29,32)/t24?,25-/m0/s1. The zero-order chi connectivity index (χ0) is 23.4. The predicted octanol–water partition coefficient (Wildman–Crippen LogP) is 4.91. The van der Waals surface area contributed by atoms with Crippen molar-refractivity contribution in [2.45, 2.75) is 45.2 Å². The number of likely N-dealkylation sites (tertiary alicyclic amines) is 1. The number of hydrogen-bond acceptors (Lipinski definition) is 4. The second kappa shape index (κ2) is 10.0. The number of allylic oxidation sites excluding steroid dienone is 1. The van der Waals surface area contributed by atoms with Crippen LogP contribution in [0.3, 0.4) is 0 Å². The van der Waals surface area contributed by atoms with E-state index in [1.807, 2.05) is 43.1 Å². The summed E-state index contributed by atoms with van der Waals surface area (Å²) in [6, 6.07) is 18.2. The van der Waals surface area contributed by atoms with Gasteiger partial charge < -0.3 is 15.0 Å². The van der Waals surface area contributed by atoms with Crippen LogP contribution < -0.4 is 5.32 Å². The number of aliphatic imine (C=N–C) groups is 1. The molecule has 2 aliphatic heterocycles. The van der Waals surface area contributed by atoms with Crippen LogP contribution in [0, 0.1) is 5.92 Å². The van der Waals surface area contributed by atoms with Crippen LogP contribution in [0.15, 0.2) is 65.8 Å². The van der Waals surface area contributed by atoms with Crippen molar-refractivity contribution in [2.75, 3.05) is 13.7 Å². The lowest BCUT2D eigenvalue weighted by Crippen LogP contribution is -2.53. The Labute approximate surface area is 195 Å². The largest absolute Gasteiger partial charge is 0.453 e. The summed E-state index contributed by atoms with van der Waals surface area (Å²) in [7, 11) is 1.31. The SMILES string of the molecule is COC(=O)N[C@H](C(=O)N1CCCC1C1=NC=C(c2ccc(-c3ccccc3)cc2)C1)C(C)C. The van der Waals surface area contributed by atoms with E-state index >= 15 is 0 Å². The minimum atomic E-state index is -0.613. The van der Waals surface area contributed by atoms with Gasteiger partial charge in [0, 0.05) is 24.9 Å². The molecule has 0 saturated carbocycles. The fraction of sp³-hybridized carbons (Fsp3) is 0.370. The molecule has 1 fully saturated rings. The normalized spacial score (nSPS) is 18.7. The van der Waals surface area contributed by atoms with E-state index < -0.39 is 12.1 Å². The third kappa shape index (κ3) is 5.00. The van der Waals surface area contributed by atoms with Crippen LogP contribution in [0.2, 0.25) is 0 Å². The van der Waals surface area contributed by atoms with Crippen molar-refractivity contribution in [3.63, 3.8) is 0 Å². The minimum absolute atomic E-state index is 0.0319. The molecule has 2 aromatic rings. The van der Waals surface area contributed by atoms with E-state index in [1.54, 1.807) is 0 Å². The van der Waals surface area contributed by atoms with E-state index in [0.717, 1.165) is 36.1 Å². The van der Waals surface area contributed by atoms with Crippen LogP contribution >= 0.6 is 0 Å². The van der Waals surface area contributed by atoms with E-state index in [1.165, 1.54) is 18.2 Å². The van der Waals surface area contributed by atoms with Crippen molar-refractivity contribution in [1.82, 2.24) is 10.2 Å². The van der Waals surface area contributed by atoms with Gasteiger partial charge in [0.15, 0.2) is 0 Å². The second-order valence-corrected chi connectivity index (χ2v) is 8.94. The lowest BCUT2D eigenvalue weighted by molar-refractivity contribution is -0.134. The summed E-state index contributed by atoms with van der Waals surface area (Å²) in [6.45, 7) is 4.53. The molecule has 2 atom stereocenters. The van der Waals surface area contributed by atoms with E-state index in [4.69, 9.17) is 9.73 Å². The van der Waals surface area contributed by atoms with Crippen LogP contribution in [-0.2, 0) is 9.53 Å². The van der Waals surface area contributed by atoms with Gasteiger partial charge in [-0.3, -0.25) is 9.79 Å². The smallest absolute Gasteiger partial charge is 0.407 e. The molecular weight excluding hydrogens is 414 g/mol. The first kappa shape index (κ1) is 22.8. The van der Waals surface area contributed by atoms with Gasteiger partial charge in [0.05, 0.1) is 13.2 Å². The number of ether oxygens (including phenoxy) is 1. The van der Waals surface area contributed by atoms with Crippen LogP contribution in [0.1, 0.15) is 38.7 Å². The maximum absolute atomic E-state index is 13.3. The third-order valence-electron chi connectivity index (χ3n) is 6.43. The Balaban J connectivity index is 1.43. The van der Waals surface area contributed by atoms with Crippen molar-refractivity contribution in [3.05, 3.63) is 66.4 Å². The molecule has 4 rings (SSSR count). The molecule has 1 N–H and O–H groups in total. The maximum atomic E-state index is 13.3. The molecule has 0 aromatic heterocycles. The number of alkyl carbamates (subject to hydrolysis) is 1. The Morgan fingerprint density at radius 1 is 1.03 bits per heavy atom. The van der Waals surface area contributed by atoms with Crippen molar-refractivity contribution in [3.8, 4) is 11.1 Å². The number of rotatable bonds is 6. The predicted molar refractivity (Wildman–Crippen MR) is 131 cm³/mol. The first-order chi connectivity index (χ1) is 16.0. The molecule has 6 heteroatoms. The lowest BCUT2D eigenvalue weighted by Gasteiger charge is -2.31. The molecule has 0 spiro atoms. The number of nitrogens with one attached hydrogen (secondary N) is 1. The summed E-state index contributed by atoms with van der Waals surface area (Å²) in [4.78, 5) is 31.7. The van der Waals surface area contributed by atoms with Gasteiger partial charge in [-0.1, -0.05) is 68.4 Å². The quantitative estimate of drug-likeness (QED) is 0.687. The van der Waals surface area contributed by atoms with Gasteiger partial charge in [-0.2, -0.15) is 0 Å². The summed E-state index contributed by atoms with van der Waals surface area (Å²) < 4.78 is 4.72. The van der Waals surface area contributed by atoms with E-state index in [-0.39, 0.29) is 17.9 Å². The molecule has 0 bridgehead atoms. The highest BCUT2D eigenvalue weighted by Crippen LogP contribution is 2.31. The van der Waals surface area contributed by atoms with Crippen LogP contribution in [0.4, 0.5) is 4.79 Å². The molecular formula is C27H31N3O3. The molecule has 0 aliphatic carbocycles. The summed E-state index contributed by atoms with van der Waals surface area (Å²) >= 11 is 0. The molecule has 1 unspecified atom stereocenters. The topological polar surface area (TPSA) is 71.0 Å². The van der Waals surface area contributed by atoms with E-state index in [2.05, 4.69) is 41.7 Å². The Hall–Kier alpha value is -3.41. The molecule has 2 aliphatic rings. The fourth-order valence-corrected chi connectivity index (χ4v) is 4.59. The van der Waals surface area contributed by atoms with Crippen molar-refractivity contribution in [1.29, 1.82) is 0 Å². The molecule has 0 radical (unpaired) electrons. The Bertz CT molecular complexity index is 1060. The molecule has 1 saturated heterocycles. The van der Waals surface area contributed by atoms with Crippen LogP contribution in [0.5, 0.6) is 0 Å². The van der Waals surface area contributed by atoms with Gasteiger partial charge >= 0.3 is 6.09 Å². The van der Waals surface area contributed by atoms with Crippen molar-refractivity contribution in [2.24, 2.45) is 10.9 Å². The summed E-state index contributed by atoms with van der Waals surface area (Å²) in [5.74, 6) is -0.110. The summed E-state index contributed by atoms with van der Waals surface area (Å²) in [5, 5.41) is 2.70. The van der Waals surface area contributed by atoms with Crippen LogP contribution in [0.25, 0.3) is 16.7 Å². The van der Waals surface area contributed by atoms with Gasteiger partial charge in [0.1, 0.15) is 6.04 Å². The zero-order valence-electron chi connectivity index (χ0n) is 19.5. The zero-order valence-corrected chi connectivity index (χ0v) is 19.5. The molecule has 6 nitrogen and oxygen atoms in total. The van der Waals surface area contributed by atoms with E-state index in [0.29, 0.717) is 6.54 Å². The van der Waals surface area contributed by atoms with Gasteiger partial charge in [-0.05, 0) is 41.0 Å². The highest BCUT2D eigenvalue weighted by atomic mass is 16.5. The highest BCUT2D eigenvalue weighted by Gasteiger charge is 2.38. The fourth-order valence-electron chi connectivity index (χ4n) is 4.59. The number of benzene rings is 2. The molecule has 172 valence electrons. The molecule has 2 heterocycles. The Morgan fingerprint density at radius 2 is 1.70 bits per heavy atom. The Kier molecular flexibility index (Phi) is 6.92. The number of carbonyl (C=O) groups is 2. The lowest BCUT2D eigenvalue weighted by atomic mass is 9.96. The van der Waals surface area contributed by atoms with Crippen molar-refractivity contribution < 1.29 is 14.3 Å². The maximum Gasteiger partial charge on any atom is 0.407 e. The highest BCUT2D eigenvalue weighted by molar-refractivity contribution is 6.03. The van der Waals surface area contributed by atoms with Gasteiger partial charge in [0.25, 0.3) is 0 Å². The average molecular weight is 446 g/mol. The van der Waals surface area contributed by atoms with E-state index in [9.17, 15) is 9.59 Å². The third-order valence-corrected chi connectivity index (χ3v) is 6.43. The molecule has 2 aromatic carbocycles. The number of nitrogens with zero attached hydrogens (tertiary/aromatic N) is 2. The second-order valence-electron chi connectivity index (χ2n) is 8.94. The van der Waals surface area contributed by atoms with Crippen molar-refractivity contribution >= 4 is 23.3 Å². The first-order valence-electron chi connectivity index (χ1n) is 11.5. The number of amides is 2. The number of hydrogen-bond donors (Lipinski definition) is 1. The first-order valence-corrected chi connectivity index (χ1v) is 11.5. The Morgan fingerprint density at radius 3 is 2.36 bits per heavy atom. The van der Waals surface area contributed by atoms with Crippen LogP contribution in [-0.4, -0.2) is 48.4 Å².